The van der Waals surface area contributed by atoms with E-state index in [1.165, 1.54) is 0 Å². The molecule has 0 bridgehead atoms. The van der Waals surface area contributed by atoms with Crippen molar-refractivity contribution in [2.45, 2.75) is 52.0 Å². The summed E-state index contributed by atoms with van der Waals surface area (Å²) in [6.07, 6.45) is 2.54. The monoisotopic (exact) mass is 343 g/mol. The fraction of sp³-hybridized carbons (Fsp3) is 0.562. The lowest BCUT2D eigenvalue weighted by Crippen LogP contribution is -2.41. The highest BCUT2D eigenvalue weighted by Crippen LogP contribution is 2.28. The van der Waals surface area contributed by atoms with E-state index in [-0.39, 0.29) is 12.6 Å². The van der Waals surface area contributed by atoms with Gasteiger partial charge in [0, 0.05) is 10.9 Å². The molecule has 1 amide bonds. The Morgan fingerprint density at radius 2 is 2.10 bits per heavy atom. The van der Waals surface area contributed by atoms with Crippen LogP contribution in [-0.4, -0.2) is 12.6 Å². The maximum atomic E-state index is 12.4. The zero-order valence-electron chi connectivity index (χ0n) is 12.4. The lowest BCUT2D eigenvalue weighted by Gasteiger charge is -2.29. The molecule has 0 saturated heterocycles. The molecule has 1 N–H and O–H groups in total. The van der Waals surface area contributed by atoms with E-state index in [4.69, 9.17) is 0 Å². The molecule has 0 aromatic heterocycles. The van der Waals surface area contributed by atoms with E-state index in [0.29, 0.717) is 19.3 Å². The van der Waals surface area contributed by atoms with Crippen molar-refractivity contribution in [1.29, 1.82) is 0 Å². The van der Waals surface area contributed by atoms with Gasteiger partial charge in [-0.05, 0) is 56.4 Å². The summed E-state index contributed by atoms with van der Waals surface area (Å²) in [5, 5.41) is 3.06. The average Bonchev–Trinajstić information content (AvgIpc) is 2.35. The van der Waals surface area contributed by atoms with Crippen LogP contribution in [0.25, 0.3) is 0 Å². The van der Waals surface area contributed by atoms with Crippen molar-refractivity contribution < 1.29 is 9.18 Å². The van der Waals surface area contributed by atoms with E-state index in [1.54, 1.807) is 0 Å². The number of alkyl halides is 1. The first kappa shape index (κ1) is 17.2. The summed E-state index contributed by atoms with van der Waals surface area (Å²) in [4.78, 5) is 11.8. The molecule has 4 heteroatoms. The number of carbonyl (C=O) groups excluding carboxylic acids is 1. The minimum atomic E-state index is -0.446. The molecule has 0 heterocycles. The minimum Gasteiger partial charge on any atom is -0.347 e. The van der Waals surface area contributed by atoms with Crippen LogP contribution in [0.1, 0.15) is 51.2 Å². The summed E-state index contributed by atoms with van der Waals surface area (Å²) in [6.45, 7) is 5.64. The highest BCUT2D eigenvalue weighted by Gasteiger charge is 2.25. The first-order chi connectivity index (χ1) is 9.40. The number of benzene rings is 1. The lowest BCUT2D eigenvalue weighted by molar-refractivity contribution is -0.122. The van der Waals surface area contributed by atoms with Crippen molar-refractivity contribution in [1.82, 2.24) is 5.32 Å². The molecule has 0 spiro atoms. The quantitative estimate of drug-likeness (QED) is 0.775. The first-order valence-electron chi connectivity index (χ1n) is 7.06. The van der Waals surface area contributed by atoms with Gasteiger partial charge in [-0.15, -0.1) is 0 Å². The predicted molar refractivity (Wildman–Crippen MR) is 84.5 cm³/mol. The molecular formula is C16H23BrFNO. The third-order valence-electron chi connectivity index (χ3n) is 3.25. The Bertz CT molecular complexity index is 460. The topological polar surface area (TPSA) is 29.1 Å². The number of halogens is 2. The van der Waals surface area contributed by atoms with Crippen LogP contribution in [0, 0.1) is 0 Å². The maximum Gasteiger partial charge on any atom is 0.220 e. The van der Waals surface area contributed by atoms with Gasteiger partial charge in [0.2, 0.25) is 5.91 Å². The van der Waals surface area contributed by atoms with Gasteiger partial charge >= 0.3 is 0 Å². The van der Waals surface area contributed by atoms with Crippen LogP contribution in [0.15, 0.2) is 22.7 Å². The van der Waals surface area contributed by atoms with Crippen molar-refractivity contribution in [3.05, 3.63) is 33.8 Å². The van der Waals surface area contributed by atoms with E-state index in [0.717, 1.165) is 22.0 Å². The molecule has 1 rings (SSSR count). The molecule has 2 nitrogen and oxygen atoms in total. The molecule has 0 aliphatic heterocycles. The van der Waals surface area contributed by atoms with Crippen LogP contribution < -0.4 is 5.32 Å². The number of amides is 1. The zero-order chi connectivity index (χ0) is 15.2. The Kier molecular flexibility index (Phi) is 6.66. The van der Waals surface area contributed by atoms with Gasteiger partial charge in [-0.1, -0.05) is 28.9 Å². The molecule has 0 aliphatic carbocycles. The van der Waals surface area contributed by atoms with Gasteiger partial charge in [0.15, 0.2) is 0 Å². The van der Waals surface area contributed by atoms with Crippen molar-refractivity contribution in [2.24, 2.45) is 0 Å². The molecule has 0 unspecified atom stereocenters. The van der Waals surface area contributed by atoms with E-state index in [1.807, 2.05) is 39.0 Å². The molecule has 0 saturated carbocycles. The molecule has 1 aromatic carbocycles. The summed E-state index contributed by atoms with van der Waals surface area (Å²) in [5.41, 5.74) is 1.69. The molecular weight excluding hydrogens is 321 g/mol. The fourth-order valence-corrected chi connectivity index (χ4v) is 2.75. The highest BCUT2D eigenvalue weighted by molar-refractivity contribution is 9.10. The molecule has 0 atom stereocenters. The van der Waals surface area contributed by atoms with Crippen LogP contribution in [0.3, 0.4) is 0 Å². The van der Waals surface area contributed by atoms with Crippen molar-refractivity contribution in [3.8, 4) is 0 Å². The number of hydrogen-bond acceptors (Lipinski definition) is 1. The van der Waals surface area contributed by atoms with Gasteiger partial charge in [-0.3, -0.25) is 9.18 Å². The summed E-state index contributed by atoms with van der Waals surface area (Å²) in [5.74, 6) is 0.0526. The number of rotatable bonds is 7. The van der Waals surface area contributed by atoms with Gasteiger partial charge in [-0.25, -0.2) is 0 Å². The number of nitrogens with one attached hydrogen (secondary N) is 1. The van der Waals surface area contributed by atoms with Gasteiger partial charge in [0.1, 0.15) is 0 Å². The zero-order valence-corrected chi connectivity index (χ0v) is 14.0. The normalized spacial score (nSPS) is 11.4. The first-order valence-corrected chi connectivity index (χ1v) is 7.86. The smallest absolute Gasteiger partial charge is 0.220 e. The van der Waals surface area contributed by atoms with E-state index >= 15 is 0 Å². The molecule has 1 aromatic rings. The fourth-order valence-electron chi connectivity index (χ4n) is 2.34. The van der Waals surface area contributed by atoms with E-state index in [9.17, 15) is 9.18 Å². The van der Waals surface area contributed by atoms with Gasteiger partial charge in [0.25, 0.3) is 0 Å². The van der Waals surface area contributed by atoms with Gasteiger partial charge < -0.3 is 5.32 Å². The largest absolute Gasteiger partial charge is 0.347 e. The minimum absolute atomic E-state index is 0.0526. The van der Waals surface area contributed by atoms with Gasteiger partial charge in [0.05, 0.1) is 12.2 Å². The second kappa shape index (κ2) is 7.77. The second-order valence-electron chi connectivity index (χ2n) is 5.52. The predicted octanol–water partition coefficient (Wildman–Crippen LogP) is 4.50. The SMILES string of the molecule is CCCC(=O)NC(C)(C)c1ccc(Br)cc1CCCF. The maximum absolute atomic E-state index is 12.4. The summed E-state index contributed by atoms with van der Waals surface area (Å²) in [7, 11) is 0. The van der Waals surface area contributed by atoms with Crippen molar-refractivity contribution >= 4 is 21.8 Å². The highest BCUT2D eigenvalue weighted by atomic mass is 79.9. The number of carbonyl (C=O) groups is 1. The van der Waals surface area contributed by atoms with Crippen LogP contribution >= 0.6 is 15.9 Å². The molecule has 112 valence electrons. The summed E-state index contributed by atoms with van der Waals surface area (Å²) in [6, 6.07) is 5.98. The van der Waals surface area contributed by atoms with E-state index < -0.39 is 5.54 Å². The molecule has 20 heavy (non-hydrogen) atoms. The van der Waals surface area contributed by atoms with Crippen LogP contribution in [-0.2, 0) is 16.8 Å². The van der Waals surface area contributed by atoms with Gasteiger partial charge in [-0.2, -0.15) is 0 Å². The molecule has 0 radical (unpaired) electrons. The number of aryl methyl sites for hydroxylation is 1. The Morgan fingerprint density at radius 3 is 2.70 bits per heavy atom. The summed E-state index contributed by atoms with van der Waals surface area (Å²) < 4.78 is 13.4. The van der Waals surface area contributed by atoms with Crippen molar-refractivity contribution in [3.63, 3.8) is 0 Å². The van der Waals surface area contributed by atoms with E-state index in [2.05, 4.69) is 21.2 Å². The Balaban J connectivity index is 3.00. The summed E-state index contributed by atoms with van der Waals surface area (Å²) >= 11 is 3.45. The third-order valence-corrected chi connectivity index (χ3v) is 3.74. The lowest BCUT2D eigenvalue weighted by atomic mass is 9.88. The average molecular weight is 344 g/mol. The molecule has 0 fully saturated rings. The van der Waals surface area contributed by atoms with Crippen molar-refractivity contribution in [2.75, 3.05) is 6.67 Å². The third kappa shape index (κ3) is 4.89. The second-order valence-corrected chi connectivity index (χ2v) is 6.43. The number of hydrogen-bond donors (Lipinski definition) is 1. The Morgan fingerprint density at radius 1 is 1.40 bits per heavy atom. The van der Waals surface area contributed by atoms with Crippen LogP contribution in [0.5, 0.6) is 0 Å². The van der Waals surface area contributed by atoms with Crippen LogP contribution in [0.2, 0.25) is 0 Å². The standard InChI is InChI=1S/C16H23BrFNO/c1-4-6-15(20)19-16(2,3)14-9-8-13(17)11-12(14)7-5-10-18/h8-9,11H,4-7,10H2,1-3H3,(H,19,20). The Labute approximate surface area is 129 Å². The Hall–Kier alpha value is -0.900. The van der Waals surface area contributed by atoms with Crippen LogP contribution in [0.4, 0.5) is 4.39 Å². The molecule has 0 aliphatic rings.